The minimum absolute atomic E-state index is 0.285. The first-order chi connectivity index (χ1) is 18.5. The predicted molar refractivity (Wildman–Crippen MR) is 140 cm³/mol. The van der Waals surface area contributed by atoms with Crippen LogP contribution >= 0.6 is 0 Å². The van der Waals surface area contributed by atoms with E-state index >= 15 is 0 Å². The highest BCUT2D eigenvalue weighted by Gasteiger charge is 2.18. The monoisotopic (exact) mass is 509 g/mol. The molecule has 0 saturated heterocycles. The molecule has 0 radical (unpaired) electrons. The Labute approximate surface area is 218 Å². The Morgan fingerprint density at radius 1 is 1.05 bits per heavy atom. The maximum absolute atomic E-state index is 13.5. The van der Waals surface area contributed by atoms with Crippen LogP contribution in [0.5, 0.6) is 5.75 Å². The molecule has 0 spiro atoms. The van der Waals surface area contributed by atoms with Crippen molar-refractivity contribution < 1.29 is 13.9 Å². The fourth-order valence-corrected chi connectivity index (χ4v) is 4.00. The summed E-state index contributed by atoms with van der Waals surface area (Å²) in [6.07, 6.45) is 5.03. The first kappa shape index (κ1) is 24.7. The summed E-state index contributed by atoms with van der Waals surface area (Å²) in [6, 6.07) is 16.2. The van der Waals surface area contributed by atoms with E-state index in [1.54, 1.807) is 6.20 Å². The third kappa shape index (κ3) is 5.24. The van der Waals surface area contributed by atoms with Crippen LogP contribution in [0.15, 0.2) is 85.5 Å². The zero-order valence-corrected chi connectivity index (χ0v) is 20.6. The molecule has 9 nitrogen and oxygen atoms in total. The average Bonchev–Trinajstić information content (AvgIpc) is 3.36. The second-order valence-electron chi connectivity index (χ2n) is 8.36. The van der Waals surface area contributed by atoms with Crippen LogP contribution in [0.1, 0.15) is 29.5 Å². The maximum Gasteiger partial charge on any atom is 0.257 e. The minimum Gasteiger partial charge on any atom is -0.492 e. The molecule has 1 aromatic carbocycles. The number of fused-ring (bicyclic) bond motifs is 1. The van der Waals surface area contributed by atoms with Gasteiger partial charge in [0.25, 0.3) is 5.91 Å². The number of aryl methyl sites for hydroxylation is 1. The molecular weight excluding hydrogens is 485 g/mol. The minimum atomic E-state index is -0.519. The molecule has 0 saturated carbocycles. The third-order valence-electron chi connectivity index (χ3n) is 5.75. The van der Waals surface area contributed by atoms with Gasteiger partial charge < -0.3 is 10.1 Å². The van der Waals surface area contributed by atoms with Gasteiger partial charge >= 0.3 is 0 Å². The first-order valence-electron chi connectivity index (χ1n) is 12.0. The molecule has 0 aliphatic rings. The number of allylic oxidation sites excluding steroid dienone is 1. The molecule has 1 N–H and O–H groups in total. The van der Waals surface area contributed by atoms with Crippen molar-refractivity contribution in [3.63, 3.8) is 0 Å². The quantitative estimate of drug-likeness (QED) is 0.307. The second-order valence-corrected chi connectivity index (χ2v) is 8.36. The van der Waals surface area contributed by atoms with E-state index in [4.69, 9.17) is 4.74 Å². The van der Waals surface area contributed by atoms with Crippen LogP contribution in [0, 0.1) is 5.82 Å². The summed E-state index contributed by atoms with van der Waals surface area (Å²) < 4.78 is 21.0. The van der Waals surface area contributed by atoms with Gasteiger partial charge in [0.2, 0.25) is 0 Å². The Morgan fingerprint density at radius 3 is 2.66 bits per heavy atom. The van der Waals surface area contributed by atoms with Crippen molar-refractivity contribution in [3.8, 4) is 23.0 Å². The zero-order valence-electron chi connectivity index (χ0n) is 20.6. The molecule has 10 heteroatoms. The van der Waals surface area contributed by atoms with Gasteiger partial charge in [-0.15, -0.1) is 10.2 Å². The van der Waals surface area contributed by atoms with Gasteiger partial charge in [-0.05, 0) is 43.7 Å². The lowest BCUT2D eigenvalue weighted by molar-refractivity contribution is 0.0966. The number of nitrogens with one attached hydrogen (secondary N) is 1. The average molecular weight is 510 g/mol. The van der Waals surface area contributed by atoms with Gasteiger partial charge in [-0.1, -0.05) is 24.8 Å². The summed E-state index contributed by atoms with van der Waals surface area (Å²) in [7, 11) is 0. The number of benzene rings is 1. The Kier molecular flexibility index (Phi) is 7.12. The molecule has 4 aromatic heterocycles. The van der Waals surface area contributed by atoms with E-state index in [0.717, 1.165) is 11.9 Å². The number of halogens is 1. The number of carbonyl (C=O) groups excluding carboxylic acids is 1. The fourth-order valence-electron chi connectivity index (χ4n) is 4.00. The number of ether oxygens (including phenoxy) is 1. The summed E-state index contributed by atoms with van der Waals surface area (Å²) in [6.45, 7) is 6.48. The number of hydrogen-bond donors (Lipinski definition) is 1. The number of para-hydroxylation sites is 1. The topological polar surface area (TPSA) is 108 Å². The van der Waals surface area contributed by atoms with E-state index in [2.05, 4.69) is 37.0 Å². The van der Waals surface area contributed by atoms with Crippen molar-refractivity contribution in [1.29, 1.82) is 0 Å². The standard InChI is InChI=1S/C28H24FN7O2/c1-3-38-21-10-11-23(31-17-21)27-35-34-25(36(27)20-7-5-4-6-8-20)12-9-18(2)33-28(37)22-13-14-30-24-15-19(29)16-32-26(22)24/h4-8,10-11,13-17H,2-3,9,12H2,1H3,(H,33,37). The zero-order chi connectivity index (χ0) is 26.5. The van der Waals surface area contributed by atoms with Crippen molar-refractivity contribution in [3.05, 3.63) is 103 Å². The van der Waals surface area contributed by atoms with E-state index in [1.165, 1.54) is 18.3 Å². The first-order valence-corrected chi connectivity index (χ1v) is 12.0. The molecule has 0 fully saturated rings. The molecule has 5 aromatic rings. The van der Waals surface area contributed by atoms with E-state index in [1.807, 2.05) is 54.0 Å². The summed E-state index contributed by atoms with van der Waals surface area (Å²) in [5.74, 6) is 1.03. The number of carbonyl (C=O) groups is 1. The van der Waals surface area contributed by atoms with Gasteiger partial charge in [0.15, 0.2) is 5.82 Å². The third-order valence-corrected chi connectivity index (χ3v) is 5.75. The molecule has 38 heavy (non-hydrogen) atoms. The number of pyridine rings is 3. The van der Waals surface area contributed by atoms with Crippen LogP contribution in [-0.2, 0) is 6.42 Å². The van der Waals surface area contributed by atoms with E-state index in [-0.39, 0.29) is 5.56 Å². The molecule has 5 rings (SSSR count). The van der Waals surface area contributed by atoms with Crippen LogP contribution in [0.3, 0.4) is 0 Å². The second kappa shape index (κ2) is 11.0. The van der Waals surface area contributed by atoms with Gasteiger partial charge in [0, 0.05) is 30.1 Å². The van der Waals surface area contributed by atoms with Crippen LogP contribution < -0.4 is 10.1 Å². The van der Waals surface area contributed by atoms with Crippen molar-refractivity contribution in [2.75, 3.05) is 6.61 Å². The molecule has 0 aliphatic heterocycles. The van der Waals surface area contributed by atoms with Crippen molar-refractivity contribution in [2.45, 2.75) is 19.8 Å². The molecule has 1 amide bonds. The Bertz CT molecular complexity index is 1600. The highest BCUT2D eigenvalue weighted by Crippen LogP contribution is 2.24. The van der Waals surface area contributed by atoms with Crippen molar-refractivity contribution >= 4 is 16.9 Å². The predicted octanol–water partition coefficient (Wildman–Crippen LogP) is 4.69. The highest BCUT2D eigenvalue weighted by atomic mass is 19.1. The van der Waals surface area contributed by atoms with Gasteiger partial charge in [0.05, 0.1) is 30.1 Å². The Hall–Kier alpha value is -4.99. The molecule has 0 aliphatic carbocycles. The van der Waals surface area contributed by atoms with E-state index < -0.39 is 11.7 Å². The number of rotatable bonds is 9. The SMILES string of the molecule is C=C(CCc1nnc(-c2ccc(OCC)cn2)n1-c1ccccc1)NC(=O)c1ccnc2cc(F)cnc12. The molecular formula is C28H24FN7O2. The maximum atomic E-state index is 13.5. The molecule has 190 valence electrons. The smallest absolute Gasteiger partial charge is 0.257 e. The van der Waals surface area contributed by atoms with E-state index in [9.17, 15) is 9.18 Å². The summed E-state index contributed by atoms with van der Waals surface area (Å²) in [4.78, 5) is 25.6. The summed E-state index contributed by atoms with van der Waals surface area (Å²) in [5, 5.41) is 11.6. The van der Waals surface area contributed by atoms with Crippen LogP contribution in [0.2, 0.25) is 0 Å². The Morgan fingerprint density at radius 2 is 1.89 bits per heavy atom. The summed E-state index contributed by atoms with van der Waals surface area (Å²) >= 11 is 0. The number of aromatic nitrogens is 6. The largest absolute Gasteiger partial charge is 0.492 e. The van der Waals surface area contributed by atoms with Gasteiger partial charge in [0.1, 0.15) is 28.6 Å². The normalized spacial score (nSPS) is 10.9. The van der Waals surface area contributed by atoms with Crippen molar-refractivity contribution in [1.82, 2.24) is 35.0 Å². The lowest BCUT2D eigenvalue weighted by atomic mass is 10.1. The number of nitrogens with zero attached hydrogens (tertiary/aromatic N) is 6. The molecule has 0 atom stereocenters. The molecule has 4 heterocycles. The van der Waals surface area contributed by atoms with Gasteiger partial charge in [-0.3, -0.25) is 19.3 Å². The van der Waals surface area contributed by atoms with Crippen LogP contribution in [0.4, 0.5) is 4.39 Å². The summed E-state index contributed by atoms with van der Waals surface area (Å²) in [5.41, 5.74) is 2.93. The lowest BCUT2D eigenvalue weighted by Crippen LogP contribution is -2.23. The number of hydrogen-bond acceptors (Lipinski definition) is 7. The number of amides is 1. The molecule has 0 unspecified atom stereocenters. The highest BCUT2D eigenvalue weighted by molar-refractivity contribution is 6.05. The lowest BCUT2D eigenvalue weighted by Gasteiger charge is -2.12. The Balaban J connectivity index is 1.35. The van der Waals surface area contributed by atoms with E-state index in [0.29, 0.717) is 59.3 Å². The van der Waals surface area contributed by atoms with Gasteiger partial charge in [-0.25, -0.2) is 9.37 Å². The van der Waals surface area contributed by atoms with Crippen molar-refractivity contribution in [2.24, 2.45) is 0 Å². The fraction of sp³-hybridized carbons (Fsp3) is 0.143. The van der Waals surface area contributed by atoms with Crippen LogP contribution in [-0.4, -0.2) is 42.2 Å². The molecule has 0 bridgehead atoms. The van der Waals surface area contributed by atoms with Gasteiger partial charge in [-0.2, -0.15) is 0 Å². The van der Waals surface area contributed by atoms with Crippen LogP contribution in [0.25, 0.3) is 28.2 Å².